The van der Waals surface area contributed by atoms with Crippen LogP contribution in [-0.2, 0) is 16.0 Å². The average Bonchev–Trinajstić information content (AvgIpc) is 2.71. The van der Waals surface area contributed by atoms with Gasteiger partial charge in [-0.05, 0) is 36.1 Å². The quantitative estimate of drug-likeness (QED) is 0.610. The fourth-order valence-corrected chi connectivity index (χ4v) is 2.30. The van der Waals surface area contributed by atoms with E-state index in [2.05, 4.69) is 16.1 Å². The Balaban J connectivity index is 1.91. The molecular formula is C13H18N2O2. The molecule has 0 radical (unpaired) electrons. The number of fused-ring (bicyclic) bond motifs is 1. The first-order valence-corrected chi connectivity index (χ1v) is 5.89. The van der Waals surface area contributed by atoms with E-state index in [1.165, 1.54) is 18.2 Å². The summed E-state index contributed by atoms with van der Waals surface area (Å²) in [7, 11) is 1.41. The number of nitrogens with two attached hydrogens (primary N) is 1. The largest absolute Gasteiger partial charge is 0.469 e. The lowest BCUT2D eigenvalue weighted by Crippen LogP contribution is -2.22. The Morgan fingerprint density at radius 1 is 1.59 bits per heavy atom. The molecule has 0 saturated heterocycles. The molecule has 1 aliphatic rings. The van der Waals surface area contributed by atoms with Crippen molar-refractivity contribution in [1.29, 1.82) is 0 Å². The van der Waals surface area contributed by atoms with E-state index in [0.29, 0.717) is 19.0 Å². The molecule has 4 nitrogen and oxygen atoms in total. The van der Waals surface area contributed by atoms with Crippen LogP contribution in [0.25, 0.3) is 0 Å². The number of esters is 1. The van der Waals surface area contributed by atoms with Crippen LogP contribution in [0.1, 0.15) is 30.0 Å². The molecule has 3 N–H and O–H groups in total. The number of anilines is 1. The number of hydrogen-bond acceptors (Lipinski definition) is 4. The van der Waals surface area contributed by atoms with Crippen LogP contribution in [0.5, 0.6) is 0 Å². The van der Waals surface area contributed by atoms with Crippen molar-refractivity contribution in [2.75, 3.05) is 19.4 Å². The summed E-state index contributed by atoms with van der Waals surface area (Å²) in [5.74, 6) is -0.173. The number of nitrogens with one attached hydrogen (secondary N) is 1. The van der Waals surface area contributed by atoms with Crippen molar-refractivity contribution in [1.82, 2.24) is 5.32 Å². The number of rotatable bonds is 4. The number of nitrogen functional groups attached to an aromatic ring is 1. The van der Waals surface area contributed by atoms with Gasteiger partial charge in [-0.25, -0.2) is 0 Å². The lowest BCUT2D eigenvalue weighted by atomic mass is 10.1. The first-order chi connectivity index (χ1) is 8.20. The average molecular weight is 234 g/mol. The number of carbonyl (C=O) groups is 1. The number of benzene rings is 1. The van der Waals surface area contributed by atoms with Crippen LogP contribution in [0.2, 0.25) is 0 Å². The standard InChI is InChI=1S/C13H18N2O2/c1-17-13(16)6-7-15-12-5-2-9-8-10(14)3-4-11(9)12/h3-4,8,12,15H,2,5-7,14H2,1H3. The monoisotopic (exact) mass is 234 g/mol. The summed E-state index contributed by atoms with van der Waals surface area (Å²) >= 11 is 0. The van der Waals surface area contributed by atoms with Crippen LogP contribution in [0, 0.1) is 0 Å². The fraction of sp³-hybridized carbons (Fsp3) is 0.462. The Hall–Kier alpha value is -1.55. The topological polar surface area (TPSA) is 64.3 Å². The summed E-state index contributed by atoms with van der Waals surface area (Å²) in [6, 6.07) is 6.39. The Kier molecular flexibility index (Phi) is 3.64. The minimum absolute atomic E-state index is 0.173. The lowest BCUT2D eigenvalue weighted by molar-refractivity contribution is -0.140. The van der Waals surface area contributed by atoms with Gasteiger partial charge in [0.1, 0.15) is 0 Å². The molecule has 0 aromatic heterocycles. The van der Waals surface area contributed by atoms with Crippen LogP contribution < -0.4 is 11.1 Å². The van der Waals surface area contributed by atoms with Gasteiger partial charge in [0, 0.05) is 18.3 Å². The molecule has 1 aliphatic carbocycles. The Labute approximate surface area is 101 Å². The van der Waals surface area contributed by atoms with E-state index in [1.54, 1.807) is 0 Å². The zero-order valence-electron chi connectivity index (χ0n) is 10.0. The van der Waals surface area contributed by atoms with Gasteiger partial charge in [-0.1, -0.05) is 6.07 Å². The summed E-state index contributed by atoms with van der Waals surface area (Å²) in [6.07, 6.45) is 2.54. The van der Waals surface area contributed by atoms with Crippen molar-refractivity contribution in [3.8, 4) is 0 Å². The van der Waals surface area contributed by atoms with Crippen molar-refractivity contribution < 1.29 is 9.53 Å². The summed E-state index contributed by atoms with van der Waals surface area (Å²) in [4.78, 5) is 11.0. The molecule has 0 bridgehead atoms. The van der Waals surface area contributed by atoms with E-state index in [0.717, 1.165) is 18.5 Å². The Morgan fingerprint density at radius 2 is 2.41 bits per heavy atom. The third-order valence-corrected chi connectivity index (χ3v) is 3.19. The van der Waals surface area contributed by atoms with Gasteiger partial charge in [0.25, 0.3) is 0 Å². The molecule has 0 aliphatic heterocycles. The summed E-state index contributed by atoms with van der Waals surface area (Å²) in [5.41, 5.74) is 9.20. The van der Waals surface area contributed by atoms with Gasteiger partial charge in [0.05, 0.1) is 13.5 Å². The van der Waals surface area contributed by atoms with Gasteiger partial charge in [0.15, 0.2) is 0 Å². The van der Waals surface area contributed by atoms with Crippen LogP contribution in [0.4, 0.5) is 5.69 Å². The van der Waals surface area contributed by atoms with E-state index in [1.807, 2.05) is 12.1 Å². The molecule has 92 valence electrons. The lowest BCUT2D eigenvalue weighted by Gasteiger charge is -2.13. The van der Waals surface area contributed by atoms with Crippen LogP contribution in [0.15, 0.2) is 18.2 Å². The van der Waals surface area contributed by atoms with Crippen molar-refractivity contribution in [2.45, 2.75) is 25.3 Å². The van der Waals surface area contributed by atoms with Crippen molar-refractivity contribution in [3.63, 3.8) is 0 Å². The fourth-order valence-electron chi connectivity index (χ4n) is 2.30. The van der Waals surface area contributed by atoms with E-state index in [4.69, 9.17) is 5.73 Å². The molecule has 4 heteroatoms. The van der Waals surface area contributed by atoms with E-state index >= 15 is 0 Å². The molecule has 2 rings (SSSR count). The van der Waals surface area contributed by atoms with Crippen molar-refractivity contribution in [3.05, 3.63) is 29.3 Å². The highest BCUT2D eigenvalue weighted by molar-refractivity contribution is 5.69. The van der Waals surface area contributed by atoms with Crippen molar-refractivity contribution >= 4 is 11.7 Å². The number of aryl methyl sites for hydroxylation is 1. The maximum absolute atomic E-state index is 11.0. The third-order valence-electron chi connectivity index (χ3n) is 3.19. The molecule has 17 heavy (non-hydrogen) atoms. The second-order valence-electron chi connectivity index (χ2n) is 4.33. The van der Waals surface area contributed by atoms with Gasteiger partial charge >= 0.3 is 5.97 Å². The molecule has 0 amide bonds. The first-order valence-electron chi connectivity index (χ1n) is 5.89. The molecule has 0 spiro atoms. The highest BCUT2D eigenvalue weighted by Crippen LogP contribution is 2.32. The molecule has 0 fully saturated rings. The maximum atomic E-state index is 11.0. The summed E-state index contributed by atoms with van der Waals surface area (Å²) in [6.45, 7) is 0.654. The molecule has 1 atom stereocenters. The second-order valence-corrected chi connectivity index (χ2v) is 4.33. The molecule has 1 aromatic rings. The van der Waals surface area contributed by atoms with E-state index in [9.17, 15) is 4.79 Å². The van der Waals surface area contributed by atoms with Gasteiger partial charge in [-0.2, -0.15) is 0 Å². The zero-order chi connectivity index (χ0) is 12.3. The second kappa shape index (κ2) is 5.19. The predicted octanol–water partition coefficient (Wildman–Crippen LogP) is 1.41. The molecule has 0 heterocycles. The molecule has 1 aromatic carbocycles. The molecule has 0 saturated carbocycles. The molecule has 1 unspecified atom stereocenters. The predicted molar refractivity (Wildman–Crippen MR) is 66.6 cm³/mol. The Morgan fingerprint density at radius 3 is 3.18 bits per heavy atom. The number of carbonyl (C=O) groups excluding carboxylic acids is 1. The van der Waals surface area contributed by atoms with Gasteiger partial charge in [-0.3, -0.25) is 4.79 Å². The SMILES string of the molecule is COC(=O)CCNC1CCc2cc(N)ccc21. The summed E-state index contributed by atoms with van der Waals surface area (Å²) < 4.78 is 4.60. The first kappa shape index (κ1) is 11.9. The summed E-state index contributed by atoms with van der Waals surface area (Å²) in [5, 5.41) is 3.38. The highest BCUT2D eigenvalue weighted by Gasteiger charge is 2.21. The highest BCUT2D eigenvalue weighted by atomic mass is 16.5. The van der Waals surface area contributed by atoms with Crippen LogP contribution in [-0.4, -0.2) is 19.6 Å². The number of hydrogen-bond donors (Lipinski definition) is 2. The zero-order valence-corrected chi connectivity index (χ0v) is 10.0. The van der Waals surface area contributed by atoms with Gasteiger partial charge in [0.2, 0.25) is 0 Å². The third kappa shape index (κ3) is 2.77. The minimum atomic E-state index is -0.173. The maximum Gasteiger partial charge on any atom is 0.306 e. The Bertz CT molecular complexity index is 418. The van der Waals surface area contributed by atoms with Gasteiger partial charge < -0.3 is 15.8 Å². The van der Waals surface area contributed by atoms with E-state index < -0.39 is 0 Å². The molecular weight excluding hydrogens is 216 g/mol. The number of ether oxygens (including phenoxy) is 1. The smallest absolute Gasteiger partial charge is 0.306 e. The van der Waals surface area contributed by atoms with Gasteiger partial charge in [-0.15, -0.1) is 0 Å². The number of methoxy groups -OCH3 is 1. The van der Waals surface area contributed by atoms with Crippen molar-refractivity contribution in [2.24, 2.45) is 0 Å². The van der Waals surface area contributed by atoms with Crippen LogP contribution in [0.3, 0.4) is 0 Å². The normalized spacial score (nSPS) is 17.8. The van der Waals surface area contributed by atoms with E-state index in [-0.39, 0.29) is 5.97 Å². The minimum Gasteiger partial charge on any atom is -0.469 e. The van der Waals surface area contributed by atoms with Crippen LogP contribution >= 0.6 is 0 Å².